The highest BCUT2D eigenvalue weighted by atomic mass is 32.2. The van der Waals surface area contributed by atoms with Gasteiger partial charge in [-0.15, -0.1) is 10.2 Å². The number of hydrogen-bond donors (Lipinski definition) is 0. The second kappa shape index (κ2) is 6.32. The number of benzene rings is 1. The van der Waals surface area contributed by atoms with Crippen molar-refractivity contribution in [2.45, 2.75) is 49.2 Å². The molecule has 22 heavy (non-hydrogen) atoms. The number of nitrogens with zero attached hydrogens (tertiary/aromatic N) is 3. The Bertz CT molecular complexity index is 620. The van der Waals surface area contributed by atoms with Crippen LogP contribution in [-0.2, 0) is 0 Å². The van der Waals surface area contributed by atoms with Gasteiger partial charge in [-0.05, 0) is 44.2 Å². The number of hydrogen-bond acceptors (Lipinski definition) is 4. The van der Waals surface area contributed by atoms with Crippen molar-refractivity contribution < 1.29 is 4.74 Å². The van der Waals surface area contributed by atoms with Crippen molar-refractivity contribution in [2.75, 3.05) is 12.4 Å². The molecule has 2 fully saturated rings. The molecule has 0 atom stereocenters. The van der Waals surface area contributed by atoms with Crippen LogP contribution in [0.2, 0.25) is 0 Å². The van der Waals surface area contributed by atoms with Gasteiger partial charge >= 0.3 is 0 Å². The maximum Gasteiger partial charge on any atom is 0.191 e. The fourth-order valence-electron chi connectivity index (χ4n) is 2.61. The predicted octanol–water partition coefficient (Wildman–Crippen LogP) is 4.05. The first-order chi connectivity index (χ1) is 10.9. The number of aromatic nitrogens is 3. The van der Waals surface area contributed by atoms with Crippen LogP contribution < -0.4 is 4.74 Å². The van der Waals surface area contributed by atoms with E-state index in [1.807, 2.05) is 42.1 Å². The smallest absolute Gasteiger partial charge is 0.191 e. The van der Waals surface area contributed by atoms with Crippen molar-refractivity contribution in [1.29, 1.82) is 0 Å². The molecule has 116 valence electrons. The quantitative estimate of drug-likeness (QED) is 0.544. The molecule has 4 nitrogen and oxygen atoms in total. The average molecular weight is 315 g/mol. The summed E-state index contributed by atoms with van der Waals surface area (Å²) in [5.74, 6) is 3.90. The fraction of sp³-hybridized carbons (Fsp3) is 0.529. The fourth-order valence-corrected chi connectivity index (χ4v) is 3.54. The third kappa shape index (κ3) is 3.29. The summed E-state index contributed by atoms with van der Waals surface area (Å²) in [4.78, 5) is 0. The van der Waals surface area contributed by atoms with Gasteiger partial charge in [-0.3, -0.25) is 0 Å². The van der Waals surface area contributed by atoms with Crippen molar-refractivity contribution in [3.8, 4) is 5.75 Å². The van der Waals surface area contributed by atoms with Gasteiger partial charge in [0.15, 0.2) is 5.16 Å². The highest BCUT2D eigenvalue weighted by Crippen LogP contribution is 2.45. The molecule has 1 heterocycles. The molecule has 0 radical (unpaired) electrons. The van der Waals surface area contributed by atoms with Gasteiger partial charge in [0.05, 0.1) is 6.61 Å². The summed E-state index contributed by atoms with van der Waals surface area (Å²) in [6, 6.07) is 10.7. The molecule has 1 aromatic heterocycles. The Balaban J connectivity index is 1.27. The highest BCUT2D eigenvalue weighted by Gasteiger charge is 2.36. The molecule has 2 saturated carbocycles. The zero-order valence-electron chi connectivity index (χ0n) is 12.6. The molecule has 4 rings (SSSR count). The van der Waals surface area contributed by atoms with E-state index in [9.17, 15) is 0 Å². The zero-order valence-corrected chi connectivity index (χ0v) is 13.5. The summed E-state index contributed by atoms with van der Waals surface area (Å²) in [5.41, 5.74) is 0. The molecular weight excluding hydrogens is 294 g/mol. The lowest BCUT2D eigenvalue weighted by Crippen LogP contribution is -2.03. The van der Waals surface area contributed by atoms with Gasteiger partial charge in [-0.1, -0.05) is 30.0 Å². The first kappa shape index (κ1) is 14.1. The Morgan fingerprint density at radius 2 is 1.91 bits per heavy atom. The lowest BCUT2D eigenvalue weighted by Gasteiger charge is -2.08. The highest BCUT2D eigenvalue weighted by molar-refractivity contribution is 7.99. The van der Waals surface area contributed by atoms with Gasteiger partial charge in [0.25, 0.3) is 0 Å². The van der Waals surface area contributed by atoms with Gasteiger partial charge in [0.1, 0.15) is 11.6 Å². The van der Waals surface area contributed by atoms with Crippen LogP contribution in [0.25, 0.3) is 0 Å². The minimum absolute atomic E-state index is 0.675. The normalized spacial score (nSPS) is 17.6. The molecule has 0 saturated heterocycles. The summed E-state index contributed by atoms with van der Waals surface area (Å²) >= 11 is 1.83. The van der Waals surface area contributed by atoms with Crippen LogP contribution >= 0.6 is 11.8 Å². The minimum atomic E-state index is 0.675. The molecular formula is C17H21N3OS. The Morgan fingerprint density at radius 1 is 1.09 bits per heavy atom. The predicted molar refractivity (Wildman–Crippen MR) is 87.5 cm³/mol. The van der Waals surface area contributed by atoms with E-state index in [1.54, 1.807) is 0 Å². The van der Waals surface area contributed by atoms with Crippen LogP contribution in [0.4, 0.5) is 0 Å². The van der Waals surface area contributed by atoms with E-state index >= 15 is 0 Å². The summed E-state index contributed by atoms with van der Waals surface area (Å²) < 4.78 is 8.15. The van der Waals surface area contributed by atoms with Gasteiger partial charge in [0, 0.05) is 17.7 Å². The first-order valence-electron chi connectivity index (χ1n) is 8.17. The number of thioether (sulfide) groups is 1. The number of rotatable bonds is 8. The topological polar surface area (TPSA) is 39.9 Å². The Morgan fingerprint density at radius 3 is 2.64 bits per heavy atom. The maximum atomic E-state index is 5.73. The van der Waals surface area contributed by atoms with E-state index in [-0.39, 0.29) is 0 Å². The van der Waals surface area contributed by atoms with Gasteiger partial charge in [-0.25, -0.2) is 0 Å². The largest absolute Gasteiger partial charge is 0.494 e. The van der Waals surface area contributed by atoms with Gasteiger partial charge < -0.3 is 9.30 Å². The van der Waals surface area contributed by atoms with Crippen LogP contribution in [-0.4, -0.2) is 27.1 Å². The summed E-state index contributed by atoms with van der Waals surface area (Å²) in [6.45, 7) is 0.754. The second-order valence-electron chi connectivity index (χ2n) is 6.08. The van der Waals surface area contributed by atoms with Crippen LogP contribution in [0.1, 0.15) is 49.9 Å². The Labute approximate surface area is 135 Å². The van der Waals surface area contributed by atoms with Crippen molar-refractivity contribution in [3.63, 3.8) is 0 Å². The first-order valence-corrected chi connectivity index (χ1v) is 9.16. The molecule has 2 aromatic rings. The van der Waals surface area contributed by atoms with E-state index in [0.717, 1.165) is 29.7 Å². The molecule has 0 bridgehead atoms. The molecule has 2 aliphatic carbocycles. The summed E-state index contributed by atoms with van der Waals surface area (Å²) in [5, 5.41) is 9.99. The molecule has 1 aromatic carbocycles. The molecule has 0 N–H and O–H groups in total. The molecule has 0 unspecified atom stereocenters. The third-order valence-electron chi connectivity index (χ3n) is 4.08. The molecule has 0 aliphatic heterocycles. The van der Waals surface area contributed by atoms with Crippen LogP contribution in [0.5, 0.6) is 5.75 Å². The monoisotopic (exact) mass is 315 g/mol. The average Bonchev–Trinajstić information content (AvgIpc) is 3.47. The second-order valence-corrected chi connectivity index (χ2v) is 7.14. The number of ether oxygens (including phenoxy) is 1. The lowest BCUT2D eigenvalue weighted by molar-refractivity contribution is 0.318. The van der Waals surface area contributed by atoms with Crippen molar-refractivity contribution in [2.24, 2.45) is 0 Å². The van der Waals surface area contributed by atoms with Crippen LogP contribution in [0.15, 0.2) is 35.5 Å². The van der Waals surface area contributed by atoms with E-state index in [2.05, 4.69) is 14.8 Å². The van der Waals surface area contributed by atoms with E-state index < -0.39 is 0 Å². The lowest BCUT2D eigenvalue weighted by atomic mass is 10.3. The molecule has 0 amide bonds. The Hall–Kier alpha value is -1.49. The molecule has 0 spiro atoms. The summed E-state index contributed by atoms with van der Waals surface area (Å²) in [7, 11) is 0. The van der Waals surface area contributed by atoms with E-state index in [1.165, 1.54) is 31.5 Å². The third-order valence-corrected chi connectivity index (χ3v) is 5.11. The SMILES string of the molecule is c1ccc(OCCCSc2nnc(C3CC3)n2C2CC2)cc1. The molecule has 2 aliphatic rings. The van der Waals surface area contributed by atoms with E-state index in [4.69, 9.17) is 4.74 Å². The summed E-state index contributed by atoms with van der Waals surface area (Å²) in [6.07, 6.45) is 6.20. The minimum Gasteiger partial charge on any atom is -0.494 e. The van der Waals surface area contributed by atoms with Crippen LogP contribution in [0, 0.1) is 0 Å². The van der Waals surface area contributed by atoms with Crippen molar-refractivity contribution >= 4 is 11.8 Å². The Kier molecular flexibility index (Phi) is 4.06. The molecule has 5 heteroatoms. The maximum absolute atomic E-state index is 5.73. The van der Waals surface area contributed by atoms with Crippen molar-refractivity contribution in [3.05, 3.63) is 36.2 Å². The van der Waals surface area contributed by atoms with Crippen LogP contribution in [0.3, 0.4) is 0 Å². The van der Waals surface area contributed by atoms with Crippen molar-refractivity contribution in [1.82, 2.24) is 14.8 Å². The zero-order chi connectivity index (χ0) is 14.8. The van der Waals surface area contributed by atoms with Gasteiger partial charge in [0.2, 0.25) is 0 Å². The van der Waals surface area contributed by atoms with Gasteiger partial charge in [-0.2, -0.15) is 0 Å². The number of para-hydroxylation sites is 1. The van der Waals surface area contributed by atoms with E-state index in [0.29, 0.717) is 12.0 Å². The standard InChI is InChI=1S/C17H21N3OS/c1-2-5-15(6-3-1)21-11-4-12-22-17-19-18-16(13-7-8-13)20(17)14-9-10-14/h1-3,5-6,13-14H,4,7-12H2.